The van der Waals surface area contributed by atoms with E-state index in [1.807, 2.05) is 0 Å². The molecule has 0 aliphatic carbocycles. The number of carbonyl (C=O) groups is 2. The summed E-state index contributed by atoms with van der Waals surface area (Å²) in [4.78, 5) is 53.0. The van der Waals surface area contributed by atoms with E-state index < -0.39 is 23.0 Å². The largest absolute Gasteiger partial charge is 0.466 e. The van der Waals surface area contributed by atoms with Crippen LogP contribution in [-0.2, 0) is 27.4 Å². The van der Waals surface area contributed by atoms with Crippen LogP contribution in [0, 0.1) is 11.7 Å². The van der Waals surface area contributed by atoms with Gasteiger partial charge in [0, 0.05) is 18.7 Å². The first-order valence-corrected chi connectivity index (χ1v) is 11.7. The lowest BCUT2D eigenvalue weighted by molar-refractivity contribution is -0.151. The van der Waals surface area contributed by atoms with Crippen LogP contribution in [0.25, 0.3) is 10.2 Å². The zero-order valence-electron chi connectivity index (χ0n) is 18.2. The molecule has 1 aromatic carbocycles. The van der Waals surface area contributed by atoms with Gasteiger partial charge in [0.15, 0.2) is 0 Å². The smallest absolute Gasteiger partial charge is 0.332 e. The highest BCUT2D eigenvalue weighted by atomic mass is 32.1. The number of likely N-dealkylation sites (tertiary alicyclic amines) is 1. The number of hydrogen-bond acceptors (Lipinski definition) is 6. The zero-order chi connectivity index (χ0) is 23.5. The van der Waals surface area contributed by atoms with E-state index in [-0.39, 0.29) is 43.7 Å². The van der Waals surface area contributed by atoms with Crippen molar-refractivity contribution in [2.75, 3.05) is 19.7 Å². The molecule has 8 nitrogen and oxygen atoms in total. The molecule has 0 radical (unpaired) electrons. The minimum absolute atomic E-state index is 0.207. The highest BCUT2D eigenvalue weighted by Crippen LogP contribution is 2.20. The molecule has 3 heterocycles. The molecule has 0 saturated carbocycles. The second-order valence-corrected chi connectivity index (χ2v) is 8.83. The molecule has 0 spiro atoms. The van der Waals surface area contributed by atoms with Gasteiger partial charge in [-0.1, -0.05) is 18.2 Å². The van der Waals surface area contributed by atoms with Crippen LogP contribution in [0.1, 0.15) is 25.3 Å². The third-order valence-corrected chi connectivity index (χ3v) is 6.70. The van der Waals surface area contributed by atoms with E-state index in [4.69, 9.17) is 4.74 Å². The number of halogens is 1. The van der Waals surface area contributed by atoms with Crippen molar-refractivity contribution in [3.05, 3.63) is 67.9 Å². The lowest BCUT2D eigenvalue weighted by atomic mass is 9.98. The predicted molar refractivity (Wildman–Crippen MR) is 122 cm³/mol. The van der Waals surface area contributed by atoms with Crippen LogP contribution in [0.5, 0.6) is 0 Å². The number of nitrogens with zero attached hydrogens (tertiary/aromatic N) is 3. The summed E-state index contributed by atoms with van der Waals surface area (Å²) in [5.41, 5.74) is -0.621. The van der Waals surface area contributed by atoms with Crippen LogP contribution < -0.4 is 11.2 Å². The molecule has 3 aromatic rings. The van der Waals surface area contributed by atoms with Gasteiger partial charge in [-0.25, -0.2) is 9.18 Å². The summed E-state index contributed by atoms with van der Waals surface area (Å²) < 4.78 is 21.8. The van der Waals surface area contributed by atoms with E-state index in [1.54, 1.807) is 29.3 Å². The van der Waals surface area contributed by atoms with Crippen LogP contribution in [0.2, 0.25) is 0 Å². The maximum Gasteiger partial charge on any atom is 0.332 e. The van der Waals surface area contributed by atoms with E-state index >= 15 is 0 Å². The molecule has 1 amide bonds. The molecule has 0 N–H and O–H groups in total. The Balaban J connectivity index is 1.65. The van der Waals surface area contributed by atoms with E-state index in [9.17, 15) is 23.6 Å². The third-order valence-electron chi connectivity index (χ3n) is 5.81. The topological polar surface area (TPSA) is 90.6 Å². The molecule has 1 saturated heterocycles. The van der Waals surface area contributed by atoms with Gasteiger partial charge in [-0.2, -0.15) is 0 Å². The number of rotatable bonds is 6. The Bertz CT molecular complexity index is 1310. The first kappa shape index (κ1) is 22.9. The number of ether oxygens (including phenoxy) is 1. The maximum atomic E-state index is 14.2. The van der Waals surface area contributed by atoms with Crippen molar-refractivity contribution in [3.8, 4) is 0 Å². The van der Waals surface area contributed by atoms with Crippen molar-refractivity contribution in [1.82, 2.24) is 14.0 Å². The van der Waals surface area contributed by atoms with Gasteiger partial charge in [0.2, 0.25) is 5.91 Å². The lowest BCUT2D eigenvalue weighted by Crippen LogP contribution is -2.47. The predicted octanol–water partition coefficient (Wildman–Crippen LogP) is 2.21. The molecule has 1 aliphatic heterocycles. The van der Waals surface area contributed by atoms with Crippen molar-refractivity contribution < 1.29 is 18.7 Å². The quantitative estimate of drug-likeness (QED) is 0.512. The maximum absolute atomic E-state index is 14.2. The van der Waals surface area contributed by atoms with Gasteiger partial charge >= 0.3 is 11.7 Å². The normalized spacial score (nSPS) is 16.2. The number of thiophene rings is 1. The molecule has 1 aliphatic rings. The Morgan fingerprint density at radius 3 is 2.73 bits per heavy atom. The van der Waals surface area contributed by atoms with E-state index in [0.717, 1.165) is 4.57 Å². The van der Waals surface area contributed by atoms with E-state index in [2.05, 4.69) is 0 Å². The third kappa shape index (κ3) is 4.61. The van der Waals surface area contributed by atoms with Crippen LogP contribution in [-0.4, -0.2) is 45.6 Å². The van der Waals surface area contributed by atoms with Gasteiger partial charge in [0.1, 0.15) is 17.1 Å². The van der Waals surface area contributed by atoms with Gasteiger partial charge in [0.05, 0.1) is 24.6 Å². The van der Waals surface area contributed by atoms with Crippen molar-refractivity contribution >= 4 is 33.4 Å². The van der Waals surface area contributed by atoms with Crippen LogP contribution >= 0.6 is 11.3 Å². The van der Waals surface area contributed by atoms with Gasteiger partial charge in [-0.05, 0) is 37.3 Å². The van der Waals surface area contributed by atoms with Crippen molar-refractivity contribution in [2.45, 2.75) is 32.9 Å². The fourth-order valence-electron chi connectivity index (χ4n) is 4.11. The number of aromatic nitrogens is 2. The summed E-state index contributed by atoms with van der Waals surface area (Å²) in [5.74, 6) is -1.56. The number of amides is 1. The van der Waals surface area contributed by atoms with Crippen LogP contribution in [0.15, 0.2) is 45.3 Å². The number of esters is 1. The summed E-state index contributed by atoms with van der Waals surface area (Å²) in [6, 6.07) is 7.57. The first-order chi connectivity index (χ1) is 15.9. The number of benzene rings is 1. The lowest BCUT2D eigenvalue weighted by Gasteiger charge is -2.31. The highest BCUT2D eigenvalue weighted by Gasteiger charge is 2.30. The second-order valence-electron chi connectivity index (χ2n) is 7.92. The fraction of sp³-hybridized carbons (Fsp3) is 0.391. The highest BCUT2D eigenvalue weighted by molar-refractivity contribution is 7.17. The Labute approximate surface area is 192 Å². The molecule has 1 atom stereocenters. The molecule has 1 fully saturated rings. The number of fused-ring (bicyclic) bond motifs is 1. The van der Waals surface area contributed by atoms with Gasteiger partial charge in [0.25, 0.3) is 5.56 Å². The zero-order valence-corrected chi connectivity index (χ0v) is 19.0. The average Bonchev–Trinajstić information content (AvgIpc) is 3.31. The van der Waals surface area contributed by atoms with Gasteiger partial charge in [-0.3, -0.25) is 23.5 Å². The van der Waals surface area contributed by atoms with Gasteiger partial charge in [-0.15, -0.1) is 11.3 Å². The summed E-state index contributed by atoms with van der Waals surface area (Å²) >= 11 is 1.17. The summed E-state index contributed by atoms with van der Waals surface area (Å²) in [5, 5.41) is 1.68. The number of carbonyl (C=O) groups excluding carboxylic acids is 2. The van der Waals surface area contributed by atoms with Crippen LogP contribution in [0.4, 0.5) is 4.39 Å². The first-order valence-electron chi connectivity index (χ1n) is 10.8. The molecule has 2 aromatic heterocycles. The minimum Gasteiger partial charge on any atom is -0.466 e. The summed E-state index contributed by atoms with van der Waals surface area (Å²) in [6.45, 7) is 2.20. The van der Waals surface area contributed by atoms with Gasteiger partial charge < -0.3 is 9.64 Å². The number of piperidine rings is 1. The molecule has 174 valence electrons. The standard InChI is InChI=1S/C23H24FN3O5S/c1-2-32-22(30)16-7-5-10-25(12-16)19(28)14-26-18-9-11-33-20(18)21(29)27(23(26)31)13-15-6-3-4-8-17(15)24/h3-4,6,8-9,11,16H,2,5,7,10,12-14H2,1H3/t16-/m1/s1. The molecular weight excluding hydrogens is 449 g/mol. The molecule has 0 bridgehead atoms. The molecule has 10 heteroatoms. The molecule has 0 unspecified atom stereocenters. The average molecular weight is 474 g/mol. The Morgan fingerprint density at radius 1 is 1.18 bits per heavy atom. The summed E-state index contributed by atoms with van der Waals surface area (Å²) in [6.07, 6.45) is 1.30. The Kier molecular flexibility index (Phi) is 6.73. The van der Waals surface area contributed by atoms with Crippen molar-refractivity contribution in [3.63, 3.8) is 0 Å². The van der Waals surface area contributed by atoms with Crippen LogP contribution in [0.3, 0.4) is 0 Å². The number of hydrogen-bond donors (Lipinski definition) is 0. The second kappa shape index (κ2) is 9.70. The fourth-order valence-corrected chi connectivity index (χ4v) is 4.96. The molecular formula is C23H24FN3O5S. The summed E-state index contributed by atoms with van der Waals surface area (Å²) in [7, 11) is 0. The molecule has 4 rings (SSSR count). The monoisotopic (exact) mass is 473 g/mol. The Hall–Kier alpha value is -3.27. The minimum atomic E-state index is -0.679. The van der Waals surface area contributed by atoms with Crippen molar-refractivity contribution in [2.24, 2.45) is 5.92 Å². The SMILES string of the molecule is CCOC(=O)[C@@H]1CCCN(C(=O)Cn2c(=O)n(Cc3ccccc3F)c(=O)c3sccc32)C1. The van der Waals surface area contributed by atoms with E-state index in [0.29, 0.717) is 29.6 Å². The van der Waals surface area contributed by atoms with E-state index in [1.165, 1.54) is 34.1 Å². The Morgan fingerprint density at radius 2 is 1.97 bits per heavy atom. The molecule has 33 heavy (non-hydrogen) atoms. The van der Waals surface area contributed by atoms with Crippen molar-refractivity contribution in [1.29, 1.82) is 0 Å².